The number of aryl methyl sites for hydroxylation is 2. The van der Waals surface area contributed by atoms with E-state index in [2.05, 4.69) is 10.2 Å². The van der Waals surface area contributed by atoms with E-state index in [1.165, 1.54) is 28.6 Å². The van der Waals surface area contributed by atoms with E-state index in [9.17, 15) is 4.39 Å². The summed E-state index contributed by atoms with van der Waals surface area (Å²) < 4.78 is 20.5. The lowest BCUT2D eigenvalue weighted by molar-refractivity contribution is 0.288. The van der Waals surface area contributed by atoms with Crippen molar-refractivity contribution >= 4 is 11.8 Å². The second kappa shape index (κ2) is 7.57. The fourth-order valence-electron chi connectivity index (χ4n) is 2.44. The largest absolute Gasteiger partial charge is 0.485 e. The second-order valence-electron chi connectivity index (χ2n) is 5.70. The van der Waals surface area contributed by atoms with Crippen LogP contribution in [-0.2, 0) is 12.4 Å². The van der Waals surface area contributed by atoms with Gasteiger partial charge < -0.3 is 10.6 Å². The fraction of sp³-hybridized carbons (Fsp3) is 0.222. The molecule has 0 aliphatic rings. The van der Waals surface area contributed by atoms with Crippen molar-refractivity contribution in [1.29, 1.82) is 0 Å². The number of thioether (sulfide) groups is 1. The summed E-state index contributed by atoms with van der Waals surface area (Å²) in [6, 6.07) is 12.4. The molecule has 0 aliphatic heterocycles. The van der Waals surface area contributed by atoms with Crippen molar-refractivity contribution in [2.24, 2.45) is 0 Å². The number of aromatic nitrogens is 3. The zero-order chi connectivity index (χ0) is 17.8. The van der Waals surface area contributed by atoms with Gasteiger partial charge in [0.25, 0.3) is 0 Å². The lowest BCUT2D eigenvalue weighted by Gasteiger charge is -2.11. The lowest BCUT2D eigenvalue weighted by Crippen LogP contribution is -2.16. The summed E-state index contributed by atoms with van der Waals surface area (Å²) in [4.78, 5) is 0. The average molecular weight is 358 g/mol. The van der Waals surface area contributed by atoms with E-state index < -0.39 is 0 Å². The van der Waals surface area contributed by atoms with Crippen LogP contribution in [0.3, 0.4) is 0 Å². The molecule has 1 heterocycles. The number of hydrogen-bond acceptors (Lipinski definition) is 5. The predicted molar refractivity (Wildman–Crippen MR) is 96.4 cm³/mol. The molecule has 0 aliphatic carbocycles. The Morgan fingerprint density at radius 2 is 1.84 bits per heavy atom. The van der Waals surface area contributed by atoms with Gasteiger partial charge in [-0.25, -0.2) is 9.07 Å². The van der Waals surface area contributed by atoms with Crippen molar-refractivity contribution in [3.05, 3.63) is 70.8 Å². The zero-order valence-corrected chi connectivity index (χ0v) is 14.9. The quantitative estimate of drug-likeness (QED) is 0.538. The molecule has 0 spiro atoms. The highest BCUT2D eigenvalue weighted by Gasteiger charge is 2.12. The Hall–Kier alpha value is -2.54. The Morgan fingerprint density at radius 3 is 2.56 bits per heavy atom. The van der Waals surface area contributed by atoms with Gasteiger partial charge in [-0.1, -0.05) is 42.1 Å². The van der Waals surface area contributed by atoms with Gasteiger partial charge in [0.15, 0.2) is 5.82 Å². The molecule has 3 aromatic rings. The summed E-state index contributed by atoms with van der Waals surface area (Å²) in [7, 11) is 0. The molecule has 0 fully saturated rings. The van der Waals surface area contributed by atoms with Crippen LogP contribution in [0, 0.1) is 19.7 Å². The van der Waals surface area contributed by atoms with Crippen LogP contribution in [0.5, 0.6) is 5.75 Å². The molecule has 0 unspecified atom stereocenters. The van der Waals surface area contributed by atoms with Crippen LogP contribution in [0.4, 0.5) is 4.39 Å². The minimum absolute atomic E-state index is 0.232. The molecule has 3 rings (SSSR count). The molecule has 7 heteroatoms. The number of benzene rings is 2. The summed E-state index contributed by atoms with van der Waals surface area (Å²) in [6.07, 6.45) is 0. The second-order valence-corrected chi connectivity index (χ2v) is 6.64. The molecular weight excluding hydrogens is 339 g/mol. The van der Waals surface area contributed by atoms with E-state index in [-0.39, 0.29) is 12.4 Å². The Morgan fingerprint density at radius 1 is 1.12 bits per heavy atom. The maximum absolute atomic E-state index is 13.2. The highest BCUT2D eigenvalue weighted by molar-refractivity contribution is 7.98. The number of nitrogens with two attached hydrogens (primary N) is 1. The van der Waals surface area contributed by atoms with Crippen LogP contribution in [0.1, 0.15) is 22.5 Å². The number of hydrogen-bond donors (Lipinski definition) is 1. The molecule has 0 saturated heterocycles. The van der Waals surface area contributed by atoms with Crippen LogP contribution in [0.15, 0.2) is 47.6 Å². The fourth-order valence-corrected chi connectivity index (χ4v) is 3.26. The van der Waals surface area contributed by atoms with Gasteiger partial charge >= 0.3 is 0 Å². The number of halogens is 1. The zero-order valence-electron chi connectivity index (χ0n) is 14.1. The lowest BCUT2D eigenvalue weighted by atomic mass is 10.1. The highest BCUT2D eigenvalue weighted by atomic mass is 32.2. The number of ether oxygens (including phenoxy) is 1. The molecule has 0 saturated carbocycles. The maximum Gasteiger partial charge on any atom is 0.210 e. The Balaban J connectivity index is 1.65. The molecule has 0 radical (unpaired) electrons. The molecule has 2 aromatic carbocycles. The van der Waals surface area contributed by atoms with Crippen LogP contribution in [0.2, 0.25) is 0 Å². The molecule has 0 amide bonds. The van der Waals surface area contributed by atoms with Crippen LogP contribution in [0.25, 0.3) is 0 Å². The molecule has 5 nitrogen and oxygen atoms in total. The first-order chi connectivity index (χ1) is 12.0. The standard InChI is InChI=1S/C18H19FN4OS/c1-12-5-3-6-13(2)17(12)24-10-16-21-22-18(23(16)20)25-11-14-7-4-8-15(19)9-14/h3-9H,10-11,20H2,1-2H3. The van der Waals surface area contributed by atoms with Crippen molar-refractivity contribution in [3.63, 3.8) is 0 Å². The first-order valence-corrected chi connectivity index (χ1v) is 8.79. The van der Waals surface area contributed by atoms with Gasteiger partial charge in [-0.2, -0.15) is 0 Å². The predicted octanol–water partition coefficient (Wildman–Crippen LogP) is 3.62. The van der Waals surface area contributed by atoms with Crippen molar-refractivity contribution in [2.75, 3.05) is 5.84 Å². The average Bonchev–Trinajstić information content (AvgIpc) is 2.93. The number of nitrogen functional groups attached to an aromatic ring is 1. The number of nitrogens with zero attached hydrogens (tertiary/aromatic N) is 3. The molecular formula is C18H19FN4OS. The summed E-state index contributed by atoms with van der Waals surface area (Å²) in [6.45, 7) is 4.22. The molecule has 2 N–H and O–H groups in total. The Bertz CT molecular complexity index is 861. The minimum Gasteiger partial charge on any atom is -0.485 e. The van der Waals surface area contributed by atoms with E-state index in [0.717, 1.165) is 22.4 Å². The summed E-state index contributed by atoms with van der Waals surface area (Å²) in [5, 5.41) is 8.74. The number of para-hydroxylation sites is 1. The van der Waals surface area contributed by atoms with E-state index in [4.69, 9.17) is 10.6 Å². The smallest absolute Gasteiger partial charge is 0.210 e. The van der Waals surface area contributed by atoms with Crippen LogP contribution < -0.4 is 10.6 Å². The van der Waals surface area contributed by atoms with Crippen molar-refractivity contribution in [3.8, 4) is 5.75 Å². The summed E-state index contributed by atoms with van der Waals surface area (Å²) in [5.74, 6) is 7.72. The van der Waals surface area contributed by atoms with Gasteiger partial charge in [-0.3, -0.25) is 0 Å². The Kier molecular flexibility index (Phi) is 5.23. The van der Waals surface area contributed by atoms with E-state index >= 15 is 0 Å². The minimum atomic E-state index is -0.255. The van der Waals surface area contributed by atoms with Gasteiger partial charge in [0.2, 0.25) is 5.16 Å². The maximum atomic E-state index is 13.2. The topological polar surface area (TPSA) is 66.0 Å². The Labute approximate surface area is 150 Å². The molecule has 0 atom stereocenters. The highest BCUT2D eigenvalue weighted by Crippen LogP contribution is 2.24. The van der Waals surface area contributed by atoms with Gasteiger partial charge in [0, 0.05) is 5.75 Å². The number of rotatable bonds is 6. The first-order valence-electron chi connectivity index (χ1n) is 7.80. The van der Waals surface area contributed by atoms with Gasteiger partial charge in [-0.15, -0.1) is 10.2 Å². The molecule has 0 bridgehead atoms. The molecule has 1 aromatic heterocycles. The van der Waals surface area contributed by atoms with Crippen molar-refractivity contribution < 1.29 is 9.13 Å². The third kappa shape index (κ3) is 4.11. The van der Waals surface area contributed by atoms with Crippen molar-refractivity contribution in [2.45, 2.75) is 31.4 Å². The summed E-state index contributed by atoms with van der Waals surface area (Å²) >= 11 is 1.40. The first kappa shape index (κ1) is 17.3. The van der Waals surface area contributed by atoms with E-state index in [1.54, 1.807) is 6.07 Å². The third-order valence-corrected chi connectivity index (χ3v) is 4.76. The van der Waals surface area contributed by atoms with Gasteiger partial charge in [-0.05, 0) is 42.7 Å². The van der Waals surface area contributed by atoms with Gasteiger partial charge in [0.1, 0.15) is 18.2 Å². The van der Waals surface area contributed by atoms with Gasteiger partial charge in [0.05, 0.1) is 0 Å². The monoisotopic (exact) mass is 358 g/mol. The summed E-state index contributed by atoms with van der Waals surface area (Å²) in [5.41, 5.74) is 2.98. The van der Waals surface area contributed by atoms with Crippen LogP contribution >= 0.6 is 11.8 Å². The molecule has 25 heavy (non-hydrogen) atoms. The third-order valence-electron chi connectivity index (χ3n) is 3.75. The van der Waals surface area contributed by atoms with Crippen LogP contribution in [-0.4, -0.2) is 14.9 Å². The SMILES string of the molecule is Cc1cccc(C)c1OCc1nnc(SCc2cccc(F)c2)n1N. The van der Waals surface area contributed by atoms with Crippen molar-refractivity contribution in [1.82, 2.24) is 14.9 Å². The molecule has 130 valence electrons. The van der Waals surface area contributed by atoms with E-state index in [1.807, 2.05) is 38.1 Å². The van der Waals surface area contributed by atoms with E-state index in [0.29, 0.717) is 16.7 Å². The normalized spacial score (nSPS) is 10.8.